The largest absolute Gasteiger partial charge is 0.497 e. The summed E-state index contributed by atoms with van der Waals surface area (Å²) in [5, 5.41) is 10.6. The first-order chi connectivity index (χ1) is 43.7. The molecule has 6 rings (SSSR count). The van der Waals surface area contributed by atoms with Crippen molar-refractivity contribution in [3.63, 3.8) is 0 Å². The topological polar surface area (TPSA) is 148 Å². The van der Waals surface area contributed by atoms with Gasteiger partial charge in [-0.3, -0.25) is 4.79 Å². The fraction of sp³-hybridized carbons (Fsp3) is 0.671. The van der Waals surface area contributed by atoms with Gasteiger partial charge in [-0.05, 0) is 181 Å². The van der Waals surface area contributed by atoms with E-state index in [1.54, 1.807) is 20.3 Å². The summed E-state index contributed by atoms with van der Waals surface area (Å²) in [6, 6.07) is 15.7. The maximum atomic E-state index is 10.5. The fourth-order valence-electron chi connectivity index (χ4n) is 11.0. The van der Waals surface area contributed by atoms with Gasteiger partial charge in [-0.25, -0.2) is 0 Å². The molecule has 0 aromatic heterocycles. The molecule has 4 aliphatic heterocycles. The van der Waals surface area contributed by atoms with E-state index in [1.807, 2.05) is 76.2 Å². The Labute approximate surface area is 573 Å². The number of halogens is 1. The van der Waals surface area contributed by atoms with Crippen molar-refractivity contribution < 1.29 is 66.1 Å². The summed E-state index contributed by atoms with van der Waals surface area (Å²) in [4.78, 5) is 10.5. The summed E-state index contributed by atoms with van der Waals surface area (Å²) < 4.78 is 72.3. The van der Waals surface area contributed by atoms with Gasteiger partial charge in [0.1, 0.15) is 30.0 Å². The van der Waals surface area contributed by atoms with Crippen LogP contribution in [-0.2, 0) is 64.8 Å². The van der Waals surface area contributed by atoms with Gasteiger partial charge in [-0.15, -0.1) is 0 Å². The Morgan fingerprint density at radius 3 is 1.54 bits per heavy atom. The molecule has 4 heterocycles. The zero-order chi connectivity index (χ0) is 69.0. The molecule has 1 unspecified atom stereocenters. The molecule has 17 heteroatoms. The molecule has 0 saturated carbocycles. The summed E-state index contributed by atoms with van der Waals surface area (Å²) in [7, 11) is -0.380. The van der Waals surface area contributed by atoms with Crippen molar-refractivity contribution in [3.05, 3.63) is 133 Å². The van der Waals surface area contributed by atoms with Gasteiger partial charge in [0.05, 0.1) is 83.4 Å². The molecule has 2 fully saturated rings. The van der Waals surface area contributed by atoms with E-state index >= 15 is 0 Å². The number of benzene rings is 2. The molecule has 0 bridgehead atoms. The number of ether oxygens (including phenoxy) is 10. The number of allylic oxidation sites excluding steroid dienone is 2. The van der Waals surface area contributed by atoms with Crippen LogP contribution in [0, 0.1) is 11.8 Å². The second kappa shape index (κ2) is 39.9. The zero-order valence-corrected chi connectivity index (χ0v) is 64.0. The van der Waals surface area contributed by atoms with Gasteiger partial charge in [0.2, 0.25) is 0 Å². The molecule has 2 aromatic rings. The molecular weight excluding hydrogens is 1270 g/mol. The van der Waals surface area contributed by atoms with E-state index in [1.165, 1.54) is 17.2 Å². The van der Waals surface area contributed by atoms with Crippen molar-refractivity contribution in [2.75, 3.05) is 46.0 Å². The van der Waals surface area contributed by atoms with Crippen molar-refractivity contribution in [3.8, 4) is 11.5 Å². The highest BCUT2D eigenvalue weighted by atomic mass is 79.9. The Kier molecular flexibility index (Phi) is 35.2. The molecule has 2 aromatic carbocycles. The molecule has 4 aliphatic rings. The van der Waals surface area contributed by atoms with Gasteiger partial charge in [0.15, 0.2) is 28.2 Å². The third-order valence-corrected chi connectivity index (χ3v) is 28.1. The lowest BCUT2D eigenvalue weighted by Gasteiger charge is -2.39. The van der Waals surface area contributed by atoms with Gasteiger partial charge in [-0.2, -0.15) is 0 Å². The molecular formula is C76H123BrO14Si2. The van der Waals surface area contributed by atoms with E-state index in [0.717, 1.165) is 92.2 Å². The van der Waals surface area contributed by atoms with E-state index in [9.17, 15) is 9.90 Å². The minimum absolute atomic E-state index is 0.0166. The SMILES string of the molecule is C=C(CBr)C[C@H](C)C[C@@H]1CC=C[C@@H](CCO[Si](C)(C)C(C)(C)C)O1.C=C(CC(/C=C/C[C@@H](OCc1ccc(OC)cc1)[C@@H]1COC(C)(C)O1)O[Si](C)(C)C(C)(C)C)C[C@H](C)C[C@@H]1CC=C[C@@H](CCO)O1.COc1ccc(CO[C@H](C/C=C/C=O)[C@@H]2COC(C)(C)O2)cc1. The predicted octanol–water partition coefficient (Wildman–Crippen LogP) is 17.9. The summed E-state index contributed by atoms with van der Waals surface area (Å²) >= 11 is 3.48. The number of aliphatic hydroxyl groups excluding tert-OH is 1. The van der Waals surface area contributed by atoms with Crippen LogP contribution in [0.2, 0.25) is 36.3 Å². The second-order valence-electron chi connectivity index (χ2n) is 29.8. The summed E-state index contributed by atoms with van der Waals surface area (Å²) in [6.07, 6.45) is 27.0. The molecule has 0 radical (unpaired) electrons. The number of hydrogen-bond donors (Lipinski definition) is 1. The highest BCUT2D eigenvalue weighted by Gasteiger charge is 2.41. The first kappa shape index (κ1) is 82.1. The third-order valence-electron chi connectivity index (χ3n) is 18.3. The van der Waals surface area contributed by atoms with Crippen LogP contribution in [0.5, 0.6) is 11.5 Å². The number of aliphatic hydroxyl groups is 1. The quantitative estimate of drug-likeness (QED) is 0.0229. The molecule has 0 amide bonds. The second-order valence-corrected chi connectivity index (χ2v) is 39.9. The van der Waals surface area contributed by atoms with Crippen LogP contribution in [0.3, 0.4) is 0 Å². The number of rotatable bonds is 35. The number of carbonyl (C=O) groups is 1. The normalized spacial score (nSPS) is 23.1. The van der Waals surface area contributed by atoms with Gasteiger partial charge < -0.3 is 61.3 Å². The van der Waals surface area contributed by atoms with Crippen LogP contribution in [0.15, 0.2) is 121 Å². The molecule has 0 spiro atoms. The van der Waals surface area contributed by atoms with Crippen LogP contribution in [0.4, 0.5) is 0 Å². The average Bonchev–Trinajstić information content (AvgIpc) is 1.74. The minimum atomic E-state index is -2.04. The number of alkyl halides is 1. The Balaban J connectivity index is 0.000000329. The van der Waals surface area contributed by atoms with Crippen LogP contribution >= 0.6 is 15.9 Å². The first-order valence-corrected chi connectivity index (χ1v) is 41.0. The van der Waals surface area contributed by atoms with Gasteiger partial charge in [-0.1, -0.05) is 162 Å². The smallest absolute Gasteiger partial charge is 0.192 e. The van der Waals surface area contributed by atoms with Gasteiger partial charge in [0, 0.05) is 25.0 Å². The van der Waals surface area contributed by atoms with Crippen molar-refractivity contribution in [2.24, 2.45) is 11.8 Å². The molecule has 14 nitrogen and oxygen atoms in total. The van der Waals surface area contributed by atoms with Crippen LogP contribution in [-0.4, -0.2) is 141 Å². The van der Waals surface area contributed by atoms with Crippen molar-refractivity contribution >= 4 is 38.9 Å². The maximum Gasteiger partial charge on any atom is 0.192 e. The first-order valence-electron chi connectivity index (χ1n) is 34.0. The van der Waals surface area contributed by atoms with E-state index in [4.69, 9.17) is 56.2 Å². The summed E-state index contributed by atoms with van der Waals surface area (Å²) in [5.74, 6) is 1.48. The molecule has 11 atom stereocenters. The van der Waals surface area contributed by atoms with Gasteiger partial charge in [0.25, 0.3) is 0 Å². The van der Waals surface area contributed by atoms with E-state index in [-0.39, 0.29) is 65.5 Å². The Bertz CT molecular complexity index is 2600. The number of methoxy groups -OCH3 is 2. The van der Waals surface area contributed by atoms with Crippen molar-refractivity contribution in [1.29, 1.82) is 0 Å². The van der Waals surface area contributed by atoms with Crippen molar-refractivity contribution in [2.45, 2.75) is 270 Å². The monoisotopic (exact) mass is 1390 g/mol. The summed E-state index contributed by atoms with van der Waals surface area (Å²) in [6.45, 7) is 46.6. The number of carbonyl (C=O) groups excluding carboxylic acids is 1. The maximum absolute atomic E-state index is 10.5. The lowest BCUT2D eigenvalue weighted by molar-refractivity contribution is -0.157. The minimum Gasteiger partial charge on any atom is -0.497 e. The third kappa shape index (κ3) is 30.9. The van der Waals surface area contributed by atoms with E-state index < -0.39 is 28.2 Å². The predicted molar refractivity (Wildman–Crippen MR) is 386 cm³/mol. The molecule has 93 heavy (non-hydrogen) atoms. The number of aldehydes is 1. The molecule has 2 saturated heterocycles. The number of hydrogen-bond acceptors (Lipinski definition) is 14. The Morgan fingerprint density at radius 2 is 1.13 bits per heavy atom. The average molecular weight is 1400 g/mol. The van der Waals surface area contributed by atoms with Crippen LogP contribution in [0.1, 0.15) is 165 Å². The standard InChI is InChI=1S/C38H62O7Si.C20H37BrO2Si.C18H24O5/c1-28(24-33-14-11-13-32(43-33)21-22-39)23-29(2)25-34(45-46(9,10)37(3,4)5)15-12-16-35(36-27-42-38(6,7)44-36)41-26-30-17-19-31(40-8)20-18-30;1-16(13-17(2)15-21)14-19-10-8-9-18(23-19)11-12-22-24(6,7)20(3,4)5;1-18(2)22-13-17(23-18)16(6-4-5-11-19)21-12-14-7-9-15(20-3)10-8-14/h11-13,15,17-20,28,32-36,39H,2,14,16,21-27H2,1,3-10H3;8-9,16,18-19H,2,10-15H2,1,3-7H3;4-5,7-11,16-17H,6,12-13H2,1-3H3/b15-12+;;5-4+/t28-,32-,33-,34?,35+,36-;16-,18-,19-;16-,17+/m001/s1. The zero-order valence-electron chi connectivity index (χ0n) is 60.4. The summed E-state index contributed by atoms with van der Waals surface area (Å²) in [5.41, 5.74) is 4.60. The van der Waals surface area contributed by atoms with E-state index in [0.29, 0.717) is 63.6 Å². The van der Waals surface area contributed by atoms with Gasteiger partial charge >= 0.3 is 0 Å². The lowest BCUT2D eigenvalue weighted by Crippen LogP contribution is -2.43. The Morgan fingerprint density at radius 1 is 0.677 bits per heavy atom. The molecule has 1 N–H and O–H groups in total. The van der Waals surface area contributed by atoms with Crippen LogP contribution in [0.25, 0.3) is 0 Å². The lowest BCUT2D eigenvalue weighted by atomic mass is 9.91. The fourth-order valence-corrected chi connectivity index (χ4v) is 13.5. The highest BCUT2D eigenvalue weighted by molar-refractivity contribution is 9.09. The molecule has 0 aliphatic carbocycles. The van der Waals surface area contributed by atoms with Crippen LogP contribution < -0.4 is 9.47 Å². The molecule has 526 valence electrons. The Hall–Kier alpha value is -3.38. The highest BCUT2D eigenvalue weighted by Crippen LogP contribution is 2.40. The van der Waals surface area contributed by atoms with Crippen molar-refractivity contribution in [1.82, 2.24) is 0 Å². The van der Waals surface area contributed by atoms with E-state index in [2.05, 4.69) is 147 Å².